The number of fused-ring (bicyclic) bond motifs is 1. The van der Waals surface area contributed by atoms with Gasteiger partial charge in [-0.15, -0.1) is 0 Å². The van der Waals surface area contributed by atoms with Gasteiger partial charge in [-0.2, -0.15) is 0 Å². The zero-order chi connectivity index (χ0) is 22.1. The second-order valence-electron chi connectivity index (χ2n) is 7.27. The molecule has 0 saturated heterocycles. The fourth-order valence-electron chi connectivity index (χ4n) is 3.51. The number of halogens is 2. The van der Waals surface area contributed by atoms with Crippen LogP contribution in [0.3, 0.4) is 0 Å². The Hall–Kier alpha value is -2.95. The van der Waals surface area contributed by atoms with Gasteiger partial charge in [-0.05, 0) is 67.4 Å². The zero-order valence-electron chi connectivity index (χ0n) is 17.3. The van der Waals surface area contributed by atoms with Crippen LogP contribution >= 0.6 is 23.2 Å². The summed E-state index contributed by atoms with van der Waals surface area (Å²) < 4.78 is 17.5. The third-order valence-electron chi connectivity index (χ3n) is 5.05. The first kappa shape index (κ1) is 21.3. The van der Waals surface area contributed by atoms with Crippen LogP contribution in [0.25, 0.3) is 22.3 Å². The lowest BCUT2D eigenvalue weighted by Crippen LogP contribution is -2.11. The number of ether oxygens (including phenoxy) is 2. The van der Waals surface area contributed by atoms with Crippen LogP contribution in [0.15, 0.2) is 63.8 Å². The number of rotatable bonds is 5. The Kier molecular flexibility index (Phi) is 5.94. The summed E-state index contributed by atoms with van der Waals surface area (Å²) in [7, 11) is 1.60. The van der Waals surface area contributed by atoms with Gasteiger partial charge in [0, 0.05) is 21.2 Å². The molecule has 0 N–H and O–H groups in total. The minimum atomic E-state index is -0.248. The molecule has 1 heterocycles. The van der Waals surface area contributed by atoms with E-state index in [1.54, 1.807) is 43.5 Å². The summed E-state index contributed by atoms with van der Waals surface area (Å²) in [4.78, 5) is 13.5. The Bertz CT molecular complexity index is 1300. The van der Waals surface area contributed by atoms with Crippen molar-refractivity contribution in [1.29, 1.82) is 0 Å². The average molecular weight is 455 g/mol. The maximum atomic E-state index is 13.5. The first-order valence-electron chi connectivity index (χ1n) is 9.67. The molecular weight excluding hydrogens is 435 g/mol. The second-order valence-corrected chi connectivity index (χ2v) is 8.08. The Balaban J connectivity index is 1.90. The van der Waals surface area contributed by atoms with Crippen molar-refractivity contribution in [3.63, 3.8) is 0 Å². The van der Waals surface area contributed by atoms with Gasteiger partial charge in [0.15, 0.2) is 5.76 Å². The first-order valence-corrected chi connectivity index (χ1v) is 10.4. The van der Waals surface area contributed by atoms with E-state index in [-0.39, 0.29) is 17.8 Å². The Morgan fingerprint density at radius 3 is 2.29 bits per heavy atom. The lowest BCUT2D eigenvalue weighted by Gasteiger charge is -2.14. The summed E-state index contributed by atoms with van der Waals surface area (Å²) in [6.07, 6.45) is 0. The predicted octanol–water partition coefficient (Wildman–Crippen LogP) is 6.97. The van der Waals surface area contributed by atoms with Gasteiger partial charge in [0.2, 0.25) is 11.2 Å². The highest BCUT2D eigenvalue weighted by Gasteiger charge is 2.20. The van der Waals surface area contributed by atoms with Crippen LogP contribution in [0.2, 0.25) is 10.0 Å². The largest absolute Gasteiger partial charge is 0.497 e. The molecule has 0 saturated carbocycles. The van der Waals surface area contributed by atoms with Crippen LogP contribution in [0.4, 0.5) is 0 Å². The van der Waals surface area contributed by atoms with Gasteiger partial charge < -0.3 is 13.9 Å². The molecule has 4 aromatic rings. The van der Waals surface area contributed by atoms with Crippen molar-refractivity contribution in [3.8, 4) is 22.8 Å². The van der Waals surface area contributed by atoms with Crippen molar-refractivity contribution in [2.24, 2.45) is 0 Å². The molecule has 158 valence electrons. The molecule has 0 spiro atoms. The molecule has 0 aliphatic carbocycles. The SMILES string of the molecule is COc1ccc(-c2oc3c(C)cc(C)cc3c(=O)c2OCc2c(Cl)cccc2Cl)cc1. The van der Waals surface area contributed by atoms with Gasteiger partial charge in [0.05, 0.1) is 12.5 Å². The van der Waals surface area contributed by atoms with Gasteiger partial charge in [-0.1, -0.05) is 35.3 Å². The first-order chi connectivity index (χ1) is 14.9. The fourth-order valence-corrected chi connectivity index (χ4v) is 4.02. The maximum Gasteiger partial charge on any atom is 0.235 e. The molecule has 0 aliphatic heterocycles. The van der Waals surface area contributed by atoms with E-state index in [4.69, 9.17) is 37.1 Å². The van der Waals surface area contributed by atoms with Crippen molar-refractivity contribution >= 4 is 34.2 Å². The van der Waals surface area contributed by atoms with Gasteiger partial charge in [-0.3, -0.25) is 4.79 Å². The highest BCUT2D eigenvalue weighted by atomic mass is 35.5. The fraction of sp³-hybridized carbons (Fsp3) is 0.160. The summed E-state index contributed by atoms with van der Waals surface area (Å²) in [5.74, 6) is 1.15. The molecule has 0 fully saturated rings. The monoisotopic (exact) mass is 454 g/mol. The molecular formula is C25H20Cl2O4. The van der Waals surface area contributed by atoms with Crippen molar-refractivity contribution in [3.05, 3.63) is 91.6 Å². The molecule has 31 heavy (non-hydrogen) atoms. The number of aryl methyl sites for hydroxylation is 2. The Morgan fingerprint density at radius 2 is 1.65 bits per heavy atom. The van der Waals surface area contributed by atoms with Crippen molar-refractivity contribution in [2.45, 2.75) is 20.5 Å². The summed E-state index contributed by atoms with van der Waals surface area (Å²) in [6.45, 7) is 3.89. The van der Waals surface area contributed by atoms with E-state index in [9.17, 15) is 4.79 Å². The molecule has 0 unspecified atom stereocenters. The standard InChI is InChI=1S/C25H20Cl2O4/c1-14-11-15(2)23-18(12-14)22(28)25(30-13-19-20(26)5-4-6-21(19)27)24(31-23)16-7-9-17(29-3)10-8-16/h4-12H,13H2,1-3H3. The number of hydrogen-bond acceptors (Lipinski definition) is 4. The zero-order valence-corrected chi connectivity index (χ0v) is 18.8. The summed E-state index contributed by atoms with van der Waals surface area (Å²) in [5.41, 5.74) is 3.43. The lowest BCUT2D eigenvalue weighted by molar-refractivity contribution is 0.298. The number of methoxy groups -OCH3 is 1. The van der Waals surface area contributed by atoms with E-state index in [0.29, 0.717) is 43.7 Å². The molecule has 3 aromatic carbocycles. The molecule has 0 radical (unpaired) electrons. The highest BCUT2D eigenvalue weighted by Crippen LogP contribution is 2.34. The third kappa shape index (κ3) is 4.14. The van der Waals surface area contributed by atoms with Crippen LogP contribution in [-0.2, 0) is 6.61 Å². The minimum Gasteiger partial charge on any atom is -0.497 e. The van der Waals surface area contributed by atoms with Crippen LogP contribution in [0.1, 0.15) is 16.7 Å². The van der Waals surface area contributed by atoms with Crippen LogP contribution < -0.4 is 14.9 Å². The second kappa shape index (κ2) is 8.66. The molecule has 0 aliphatic rings. The molecule has 0 atom stereocenters. The van der Waals surface area contributed by atoms with E-state index in [1.807, 2.05) is 32.0 Å². The Labute approximate surface area is 189 Å². The predicted molar refractivity (Wildman–Crippen MR) is 125 cm³/mol. The smallest absolute Gasteiger partial charge is 0.235 e. The van der Waals surface area contributed by atoms with E-state index >= 15 is 0 Å². The highest BCUT2D eigenvalue weighted by molar-refractivity contribution is 6.35. The normalized spacial score (nSPS) is 11.0. The van der Waals surface area contributed by atoms with Gasteiger partial charge in [0.25, 0.3) is 0 Å². The summed E-state index contributed by atoms with van der Waals surface area (Å²) >= 11 is 12.6. The molecule has 6 heteroatoms. The van der Waals surface area contributed by atoms with Gasteiger partial charge >= 0.3 is 0 Å². The van der Waals surface area contributed by atoms with E-state index < -0.39 is 0 Å². The van der Waals surface area contributed by atoms with Crippen molar-refractivity contribution in [1.82, 2.24) is 0 Å². The molecule has 4 rings (SSSR count). The Morgan fingerprint density at radius 1 is 0.968 bits per heavy atom. The maximum absolute atomic E-state index is 13.5. The van der Waals surface area contributed by atoms with Crippen molar-refractivity contribution in [2.75, 3.05) is 7.11 Å². The van der Waals surface area contributed by atoms with Gasteiger partial charge in [-0.25, -0.2) is 0 Å². The lowest BCUT2D eigenvalue weighted by atomic mass is 10.1. The van der Waals surface area contributed by atoms with E-state index in [1.165, 1.54) is 0 Å². The molecule has 0 amide bonds. The van der Waals surface area contributed by atoms with Gasteiger partial charge in [0.1, 0.15) is 17.9 Å². The minimum absolute atomic E-state index is 0.0305. The molecule has 0 bridgehead atoms. The summed E-state index contributed by atoms with van der Waals surface area (Å²) in [5, 5.41) is 1.40. The quantitative estimate of drug-likeness (QED) is 0.326. The van der Waals surface area contributed by atoms with Crippen molar-refractivity contribution < 1.29 is 13.9 Å². The van der Waals surface area contributed by atoms with E-state index in [2.05, 4.69) is 0 Å². The average Bonchev–Trinajstić information content (AvgIpc) is 2.75. The number of benzene rings is 3. The topological polar surface area (TPSA) is 48.7 Å². The van der Waals surface area contributed by atoms with Crippen LogP contribution in [0, 0.1) is 13.8 Å². The van der Waals surface area contributed by atoms with Crippen LogP contribution in [0.5, 0.6) is 11.5 Å². The molecule has 4 nitrogen and oxygen atoms in total. The summed E-state index contributed by atoms with van der Waals surface area (Å²) in [6, 6.07) is 16.2. The van der Waals surface area contributed by atoms with E-state index in [0.717, 1.165) is 11.1 Å². The third-order valence-corrected chi connectivity index (χ3v) is 5.76. The number of hydrogen-bond donors (Lipinski definition) is 0. The molecule has 1 aromatic heterocycles. The van der Waals surface area contributed by atoms with Crippen LogP contribution in [-0.4, -0.2) is 7.11 Å².